The van der Waals surface area contributed by atoms with Crippen LogP contribution in [0, 0.1) is 0 Å². The first kappa shape index (κ1) is 18.1. The van der Waals surface area contributed by atoms with Gasteiger partial charge in [0.1, 0.15) is 12.4 Å². The highest BCUT2D eigenvalue weighted by Gasteiger charge is 2.20. The quantitative estimate of drug-likeness (QED) is 0.812. The summed E-state index contributed by atoms with van der Waals surface area (Å²) in [4.78, 5) is 16.5. The van der Waals surface area contributed by atoms with Crippen LogP contribution >= 0.6 is 0 Å². The van der Waals surface area contributed by atoms with Gasteiger partial charge in [-0.25, -0.2) is 4.79 Å². The van der Waals surface area contributed by atoms with E-state index in [2.05, 4.69) is 35.3 Å². The number of ether oxygens (including phenoxy) is 1. The molecular formula is C21H27N3O2. The second-order valence-corrected chi connectivity index (χ2v) is 6.39. The maximum atomic E-state index is 12.3. The summed E-state index contributed by atoms with van der Waals surface area (Å²) in [6.07, 6.45) is 0.989. The van der Waals surface area contributed by atoms with Crippen molar-refractivity contribution in [1.29, 1.82) is 0 Å². The average Bonchev–Trinajstić information content (AvgIpc) is 2.72. The molecular weight excluding hydrogens is 326 g/mol. The molecule has 1 aliphatic rings. The zero-order valence-electron chi connectivity index (χ0n) is 15.4. The molecule has 3 rings (SSSR count). The van der Waals surface area contributed by atoms with Crippen molar-refractivity contribution in [2.24, 2.45) is 0 Å². The van der Waals surface area contributed by atoms with Crippen LogP contribution in [0.2, 0.25) is 0 Å². The van der Waals surface area contributed by atoms with Crippen LogP contribution in [-0.4, -0.2) is 50.3 Å². The van der Waals surface area contributed by atoms with Gasteiger partial charge in [0.15, 0.2) is 0 Å². The first-order chi connectivity index (χ1) is 12.8. The topological polar surface area (TPSA) is 44.8 Å². The molecule has 2 amide bonds. The van der Waals surface area contributed by atoms with E-state index in [9.17, 15) is 4.79 Å². The van der Waals surface area contributed by atoms with E-state index in [-0.39, 0.29) is 6.03 Å². The number of urea groups is 1. The van der Waals surface area contributed by atoms with Crippen LogP contribution in [0.3, 0.4) is 0 Å². The maximum absolute atomic E-state index is 12.3. The van der Waals surface area contributed by atoms with Gasteiger partial charge < -0.3 is 19.9 Å². The Hall–Kier alpha value is -2.69. The number of piperazine rings is 1. The fraction of sp³-hybridized carbons (Fsp3) is 0.381. The largest absolute Gasteiger partial charge is 0.492 e. The Labute approximate surface area is 155 Å². The molecule has 1 N–H and O–H groups in total. The van der Waals surface area contributed by atoms with Crippen molar-refractivity contribution < 1.29 is 9.53 Å². The van der Waals surface area contributed by atoms with Gasteiger partial charge in [-0.15, -0.1) is 0 Å². The lowest BCUT2D eigenvalue weighted by molar-refractivity contribution is 0.191. The van der Waals surface area contributed by atoms with E-state index in [1.165, 1.54) is 11.3 Å². The molecule has 2 aromatic carbocycles. The molecule has 0 unspecified atom stereocenters. The smallest absolute Gasteiger partial charge is 0.317 e. The maximum Gasteiger partial charge on any atom is 0.317 e. The van der Waals surface area contributed by atoms with Crippen LogP contribution in [0.4, 0.5) is 10.5 Å². The average molecular weight is 353 g/mol. The third-order valence-corrected chi connectivity index (χ3v) is 4.64. The second-order valence-electron chi connectivity index (χ2n) is 6.39. The van der Waals surface area contributed by atoms with Crippen molar-refractivity contribution in [2.45, 2.75) is 13.3 Å². The van der Waals surface area contributed by atoms with E-state index in [0.717, 1.165) is 38.3 Å². The van der Waals surface area contributed by atoms with Gasteiger partial charge in [-0.1, -0.05) is 37.3 Å². The molecule has 0 saturated carbocycles. The van der Waals surface area contributed by atoms with E-state index in [1.54, 1.807) is 0 Å². The van der Waals surface area contributed by atoms with Gasteiger partial charge >= 0.3 is 6.03 Å². The SMILES string of the molecule is CCc1cccc(OCCNC(=O)N2CCN(c3ccccc3)CC2)c1. The molecule has 5 nitrogen and oxygen atoms in total. The molecule has 1 heterocycles. The van der Waals surface area contributed by atoms with Crippen LogP contribution in [0.25, 0.3) is 0 Å². The number of anilines is 1. The molecule has 0 atom stereocenters. The van der Waals surface area contributed by atoms with Gasteiger partial charge in [0.2, 0.25) is 0 Å². The predicted molar refractivity (Wildman–Crippen MR) is 105 cm³/mol. The van der Waals surface area contributed by atoms with Crippen molar-refractivity contribution in [2.75, 3.05) is 44.2 Å². The van der Waals surface area contributed by atoms with Gasteiger partial charge in [-0.05, 0) is 36.2 Å². The first-order valence-corrected chi connectivity index (χ1v) is 9.31. The number of hydrogen-bond acceptors (Lipinski definition) is 3. The molecule has 2 aromatic rings. The highest BCUT2D eigenvalue weighted by Crippen LogP contribution is 2.15. The monoisotopic (exact) mass is 353 g/mol. The molecule has 138 valence electrons. The van der Waals surface area contributed by atoms with E-state index in [1.807, 2.05) is 41.3 Å². The first-order valence-electron chi connectivity index (χ1n) is 9.31. The van der Waals surface area contributed by atoms with Gasteiger partial charge in [0.25, 0.3) is 0 Å². The Bertz CT molecular complexity index is 697. The lowest BCUT2D eigenvalue weighted by Crippen LogP contribution is -2.52. The molecule has 1 saturated heterocycles. The van der Waals surface area contributed by atoms with Crippen LogP contribution in [0.15, 0.2) is 54.6 Å². The Balaban J connectivity index is 1.36. The van der Waals surface area contributed by atoms with Gasteiger partial charge in [-0.3, -0.25) is 0 Å². The molecule has 0 bridgehead atoms. The Morgan fingerprint density at radius 1 is 1.04 bits per heavy atom. The Morgan fingerprint density at radius 2 is 1.81 bits per heavy atom. The second kappa shape index (κ2) is 9.13. The van der Waals surface area contributed by atoms with E-state index in [0.29, 0.717) is 13.2 Å². The summed E-state index contributed by atoms with van der Waals surface area (Å²) >= 11 is 0. The lowest BCUT2D eigenvalue weighted by Gasteiger charge is -2.36. The van der Waals surface area contributed by atoms with Crippen molar-refractivity contribution >= 4 is 11.7 Å². The number of rotatable bonds is 6. The number of hydrogen-bond donors (Lipinski definition) is 1. The molecule has 26 heavy (non-hydrogen) atoms. The van der Waals surface area contributed by atoms with E-state index < -0.39 is 0 Å². The van der Waals surface area contributed by atoms with Crippen LogP contribution < -0.4 is 15.0 Å². The minimum Gasteiger partial charge on any atom is -0.492 e. The van der Waals surface area contributed by atoms with Crippen molar-refractivity contribution in [1.82, 2.24) is 10.2 Å². The summed E-state index contributed by atoms with van der Waals surface area (Å²) in [5.41, 5.74) is 2.47. The minimum absolute atomic E-state index is 0.0105. The lowest BCUT2D eigenvalue weighted by atomic mass is 10.2. The zero-order valence-corrected chi connectivity index (χ0v) is 15.4. The summed E-state index contributed by atoms with van der Waals surface area (Å²) in [5, 5.41) is 2.95. The fourth-order valence-corrected chi connectivity index (χ4v) is 3.10. The number of aryl methyl sites for hydroxylation is 1. The summed E-state index contributed by atoms with van der Waals surface area (Å²) in [7, 11) is 0. The van der Waals surface area contributed by atoms with Crippen LogP contribution in [-0.2, 0) is 6.42 Å². The Kier molecular flexibility index (Phi) is 6.36. The summed E-state index contributed by atoms with van der Waals surface area (Å²) in [6, 6.07) is 18.4. The highest BCUT2D eigenvalue weighted by atomic mass is 16.5. The van der Waals surface area contributed by atoms with E-state index >= 15 is 0 Å². The normalized spacial score (nSPS) is 14.2. The molecule has 0 aliphatic carbocycles. The molecule has 0 spiro atoms. The van der Waals surface area contributed by atoms with Gasteiger partial charge in [-0.2, -0.15) is 0 Å². The third-order valence-electron chi connectivity index (χ3n) is 4.64. The number of carbonyl (C=O) groups excluding carboxylic acids is 1. The summed E-state index contributed by atoms with van der Waals surface area (Å²) in [5.74, 6) is 0.857. The Morgan fingerprint density at radius 3 is 2.54 bits per heavy atom. The highest BCUT2D eigenvalue weighted by molar-refractivity contribution is 5.74. The number of nitrogens with zero attached hydrogens (tertiary/aromatic N) is 2. The standard InChI is InChI=1S/C21H27N3O2/c1-2-18-7-6-10-20(17-18)26-16-11-22-21(25)24-14-12-23(13-15-24)19-8-4-3-5-9-19/h3-10,17H,2,11-16H2,1H3,(H,22,25). The van der Waals surface area contributed by atoms with Crippen LogP contribution in [0.1, 0.15) is 12.5 Å². The molecule has 0 aromatic heterocycles. The molecule has 1 aliphatic heterocycles. The fourth-order valence-electron chi connectivity index (χ4n) is 3.10. The minimum atomic E-state index is -0.0105. The zero-order chi connectivity index (χ0) is 18.2. The number of para-hydroxylation sites is 1. The summed E-state index contributed by atoms with van der Waals surface area (Å²) < 4.78 is 5.72. The number of nitrogens with one attached hydrogen (secondary N) is 1. The number of carbonyl (C=O) groups is 1. The van der Waals surface area contributed by atoms with E-state index in [4.69, 9.17) is 4.74 Å². The van der Waals surface area contributed by atoms with Crippen molar-refractivity contribution in [3.8, 4) is 5.75 Å². The van der Waals surface area contributed by atoms with Gasteiger partial charge in [0.05, 0.1) is 6.54 Å². The molecule has 5 heteroatoms. The van der Waals surface area contributed by atoms with Crippen LogP contribution in [0.5, 0.6) is 5.75 Å². The molecule has 1 fully saturated rings. The van der Waals surface area contributed by atoms with Crippen molar-refractivity contribution in [3.63, 3.8) is 0 Å². The van der Waals surface area contributed by atoms with Gasteiger partial charge in [0, 0.05) is 31.9 Å². The molecule has 0 radical (unpaired) electrons. The van der Waals surface area contributed by atoms with Crippen molar-refractivity contribution in [3.05, 3.63) is 60.2 Å². The third kappa shape index (κ3) is 4.91. The predicted octanol–water partition coefficient (Wildman–Crippen LogP) is 3.16. The number of benzene rings is 2. The summed E-state index contributed by atoms with van der Waals surface area (Å²) in [6.45, 7) is 6.30. The number of amides is 2.